The van der Waals surface area contributed by atoms with E-state index < -0.39 is 0 Å². The van der Waals surface area contributed by atoms with Crippen LogP contribution in [0.4, 0.5) is 5.69 Å². The minimum absolute atomic E-state index is 0.0589. The molecule has 0 saturated carbocycles. The van der Waals surface area contributed by atoms with Crippen LogP contribution >= 0.6 is 11.6 Å². The molecule has 0 aliphatic carbocycles. The second-order valence-corrected chi connectivity index (χ2v) is 6.13. The number of halogens is 1. The van der Waals surface area contributed by atoms with Crippen molar-refractivity contribution in [3.8, 4) is 5.75 Å². The van der Waals surface area contributed by atoms with Gasteiger partial charge in [0, 0.05) is 25.1 Å². The molecule has 24 heavy (non-hydrogen) atoms. The van der Waals surface area contributed by atoms with Crippen molar-refractivity contribution in [1.29, 1.82) is 0 Å². The first-order valence-electron chi connectivity index (χ1n) is 7.90. The van der Waals surface area contributed by atoms with Crippen LogP contribution in [0.2, 0.25) is 5.02 Å². The SMILES string of the molecule is COc1ccccc1CNCCC(=O)Nc1c(C)cc(C)cc1Cl. The number of aryl methyl sites for hydroxylation is 2. The third-order valence-corrected chi connectivity index (χ3v) is 4.03. The zero-order chi connectivity index (χ0) is 17.5. The Bertz CT molecular complexity index is 693. The van der Waals surface area contributed by atoms with E-state index in [0.29, 0.717) is 30.2 Å². The fourth-order valence-corrected chi connectivity index (χ4v) is 2.92. The molecule has 2 rings (SSSR count). The van der Waals surface area contributed by atoms with Crippen molar-refractivity contribution in [1.82, 2.24) is 5.32 Å². The van der Waals surface area contributed by atoms with E-state index in [2.05, 4.69) is 10.6 Å². The molecule has 1 amide bonds. The molecule has 128 valence electrons. The number of amides is 1. The van der Waals surface area contributed by atoms with Crippen LogP contribution in [0.25, 0.3) is 0 Å². The lowest BCUT2D eigenvalue weighted by molar-refractivity contribution is -0.116. The molecule has 0 unspecified atom stereocenters. The highest BCUT2D eigenvalue weighted by atomic mass is 35.5. The molecule has 0 aliphatic heterocycles. The van der Waals surface area contributed by atoms with Crippen LogP contribution < -0.4 is 15.4 Å². The molecular formula is C19H23ClN2O2. The lowest BCUT2D eigenvalue weighted by atomic mass is 10.1. The number of nitrogens with one attached hydrogen (secondary N) is 2. The molecule has 0 spiro atoms. The second kappa shape index (κ2) is 8.71. The average Bonchev–Trinajstić information content (AvgIpc) is 2.55. The van der Waals surface area contributed by atoms with Gasteiger partial charge < -0.3 is 15.4 Å². The van der Waals surface area contributed by atoms with Crippen molar-refractivity contribution in [2.45, 2.75) is 26.8 Å². The zero-order valence-electron chi connectivity index (χ0n) is 14.3. The summed E-state index contributed by atoms with van der Waals surface area (Å²) >= 11 is 6.21. The summed E-state index contributed by atoms with van der Waals surface area (Å²) in [6.45, 7) is 5.15. The smallest absolute Gasteiger partial charge is 0.225 e. The molecule has 2 aromatic carbocycles. The van der Waals surface area contributed by atoms with Crippen molar-refractivity contribution in [3.05, 3.63) is 58.1 Å². The lowest BCUT2D eigenvalue weighted by Gasteiger charge is -2.12. The Kier molecular flexibility index (Phi) is 6.64. The third-order valence-electron chi connectivity index (χ3n) is 3.73. The number of carbonyl (C=O) groups excluding carboxylic acids is 1. The van der Waals surface area contributed by atoms with Gasteiger partial charge in [0.1, 0.15) is 5.75 Å². The minimum Gasteiger partial charge on any atom is -0.496 e. The van der Waals surface area contributed by atoms with Gasteiger partial charge in [-0.3, -0.25) is 4.79 Å². The number of hydrogen-bond donors (Lipinski definition) is 2. The number of ether oxygens (including phenoxy) is 1. The summed E-state index contributed by atoms with van der Waals surface area (Å²) in [6.07, 6.45) is 0.374. The van der Waals surface area contributed by atoms with Gasteiger partial charge in [-0.15, -0.1) is 0 Å². The first kappa shape index (κ1) is 18.3. The maximum absolute atomic E-state index is 12.1. The highest BCUT2D eigenvalue weighted by molar-refractivity contribution is 6.34. The number of hydrogen-bond acceptors (Lipinski definition) is 3. The van der Waals surface area contributed by atoms with Gasteiger partial charge in [-0.05, 0) is 37.1 Å². The Labute approximate surface area is 148 Å². The molecule has 2 aromatic rings. The van der Waals surface area contributed by atoms with Crippen molar-refractivity contribution in [2.75, 3.05) is 19.0 Å². The van der Waals surface area contributed by atoms with Crippen LogP contribution in [0.15, 0.2) is 36.4 Å². The molecule has 0 atom stereocenters. The van der Waals surface area contributed by atoms with Gasteiger partial charge in [-0.25, -0.2) is 0 Å². The summed E-state index contributed by atoms with van der Waals surface area (Å²) < 4.78 is 5.30. The molecule has 0 heterocycles. The maximum atomic E-state index is 12.1. The Morgan fingerprint density at radius 3 is 2.67 bits per heavy atom. The summed E-state index contributed by atoms with van der Waals surface area (Å²) in [7, 11) is 1.65. The van der Waals surface area contributed by atoms with E-state index in [1.165, 1.54) is 0 Å². The molecule has 4 nitrogen and oxygen atoms in total. The van der Waals surface area contributed by atoms with Crippen LogP contribution in [0.3, 0.4) is 0 Å². The highest BCUT2D eigenvalue weighted by Gasteiger charge is 2.09. The van der Waals surface area contributed by atoms with Crippen molar-refractivity contribution in [2.24, 2.45) is 0 Å². The standard InChI is InChI=1S/C19H23ClN2O2/c1-13-10-14(2)19(16(20)11-13)22-18(23)8-9-21-12-15-6-4-5-7-17(15)24-3/h4-7,10-11,21H,8-9,12H2,1-3H3,(H,22,23). The first-order chi connectivity index (χ1) is 11.5. The predicted molar refractivity (Wildman–Crippen MR) is 98.9 cm³/mol. The van der Waals surface area contributed by atoms with Crippen LogP contribution in [0, 0.1) is 13.8 Å². The van der Waals surface area contributed by atoms with Gasteiger partial charge in [0.25, 0.3) is 0 Å². The van der Waals surface area contributed by atoms with E-state index in [0.717, 1.165) is 22.4 Å². The number of carbonyl (C=O) groups is 1. The fourth-order valence-electron chi connectivity index (χ4n) is 2.55. The Balaban J connectivity index is 1.82. The average molecular weight is 347 g/mol. The molecule has 5 heteroatoms. The summed E-state index contributed by atoms with van der Waals surface area (Å²) in [6, 6.07) is 11.7. The molecule has 0 aliphatic rings. The monoisotopic (exact) mass is 346 g/mol. The largest absolute Gasteiger partial charge is 0.496 e. The minimum atomic E-state index is -0.0589. The molecule has 0 saturated heterocycles. The van der Waals surface area contributed by atoms with Gasteiger partial charge in [0.05, 0.1) is 17.8 Å². The summed E-state index contributed by atoms with van der Waals surface area (Å²) in [5.74, 6) is 0.785. The second-order valence-electron chi connectivity index (χ2n) is 5.73. The number of methoxy groups -OCH3 is 1. The normalized spacial score (nSPS) is 10.5. The van der Waals surface area contributed by atoms with Gasteiger partial charge in [0.2, 0.25) is 5.91 Å². The molecule has 2 N–H and O–H groups in total. The maximum Gasteiger partial charge on any atom is 0.225 e. The summed E-state index contributed by atoms with van der Waals surface area (Å²) in [5, 5.41) is 6.72. The van der Waals surface area contributed by atoms with Gasteiger partial charge in [-0.1, -0.05) is 35.9 Å². The van der Waals surface area contributed by atoms with Crippen LogP contribution in [-0.2, 0) is 11.3 Å². The van der Waals surface area contributed by atoms with Crippen LogP contribution in [0.1, 0.15) is 23.1 Å². The molecule has 0 radical (unpaired) electrons. The number of para-hydroxylation sites is 1. The summed E-state index contributed by atoms with van der Waals surface area (Å²) in [5.41, 5.74) is 3.80. The van der Waals surface area contributed by atoms with Gasteiger partial charge in [0.15, 0.2) is 0 Å². The summed E-state index contributed by atoms with van der Waals surface area (Å²) in [4.78, 5) is 12.1. The third kappa shape index (κ3) is 4.98. The van der Waals surface area contributed by atoms with Crippen LogP contribution in [-0.4, -0.2) is 19.6 Å². The number of anilines is 1. The predicted octanol–water partition coefficient (Wildman–Crippen LogP) is 4.08. The Morgan fingerprint density at radius 2 is 1.96 bits per heavy atom. The van der Waals surface area contributed by atoms with E-state index in [9.17, 15) is 4.79 Å². The van der Waals surface area contributed by atoms with Crippen molar-refractivity contribution < 1.29 is 9.53 Å². The molecule has 0 aromatic heterocycles. The van der Waals surface area contributed by atoms with Gasteiger partial charge in [-0.2, -0.15) is 0 Å². The van der Waals surface area contributed by atoms with Crippen molar-refractivity contribution in [3.63, 3.8) is 0 Å². The molecular weight excluding hydrogens is 324 g/mol. The quantitative estimate of drug-likeness (QED) is 0.742. The number of rotatable bonds is 7. The van der Waals surface area contributed by atoms with E-state index in [1.54, 1.807) is 7.11 Å². The molecule has 0 bridgehead atoms. The molecule has 0 fully saturated rings. The van der Waals surface area contributed by atoms with Gasteiger partial charge >= 0.3 is 0 Å². The van der Waals surface area contributed by atoms with E-state index >= 15 is 0 Å². The Hall–Kier alpha value is -2.04. The lowest BCUT2D eigenvalue weighted by Crippen LogP contribution is -2.22. The van der Waals surface area contributed by atoms with E-state index in [4.69, 9.17) is 16.3 Å². The van der Waals surface area contributed by atoms with E-state index in [1.807, 2.05) is 50.2 Å². The number of benzene rings is 2. The van der Waals surface area contributed by atoms with E-state index in [-0.39, 0.29) is 5.91 Å². The topological polar surface area (TPSA) is 50.4 Å². The first-order valence-corrected chi connectivity index (χ1v) is 8.28. The highest BCUT2D eigenvalue weighted by Crippen LogP contribution is 2.27. The zero-order valence-corrected chi connectivity index (χ0v) is 15.0. The fraction of sp³-hybridized carbons (Fsp3) is 0.316. The van der Waals surface area contributed by atoms with Crippen molar-refractivity contribution >= 4 is 23.2 Å². The van der Waals surface area contributed by atoms with Crippen LogP contribution in [0.5, 0.6) is 5.75 Å². The Morgan fingerprint density at radius 1 is 1.21 bits per heavy atom.